The van der Waals surface area contributed by atoms with Crippen LogP contribution in [0.5, 0.6) is 0 Å². The lowest BCUT2D eigenvalue weighted by atomic mass is 10.2. The van der Waals surface area contributed by atoms with Crippen LogP contribution in [0.25, 0.3) is 0 Å². The molecular weight excluding hydrogens is 511 g/mol. The van der Waals surface area contributed by atoms with Gasteiger partial charge in [-0.1, -0.05) is 6.07 Å². The van der Waals surface area contributed by atoms with Crippen molar-refractivity contribution < 1.29 is 4.74 Å². The number of likely N-dealkylation sites (N-methyl/N-ethyl adjacent to an activating group) is 1. The van der Waals surface area contributed by atoms with Gasteiger partial charge in [-0.25, -0.2) is 0 Å². The van der Waals surface area contributed by atoms with Crippen LogP contribution in [0.4, 0.5) is 0 Å². The van der Waals surface area contributed by atoms with Crippen LogP contribution in [0.1, 0.15) is 23.8 Å². The number of nitrogens with zero attached hydrogens (tertiary/aromatic N) is 4. The molecule has 2 N–H and O–H groups in total. The predicted octanol–water partition coefficient (Wildman–Crippen LogP) is 1.93. The van der Waals surface area contributed by atoms with Crippen molar-refractivity contribution in [2.45, 2.75) is 18.9 Å². The van der Waals surface area contributed by atoms with E-state index in [1.807, 2.05) is 18.4 Å². The zero-order chi connectivity index (χ0) is 20.3. The molecule has 0 radical (unpaired) electrons. The monoisotopic (exact) mass is 550 g/mol. The SMILES string of the molecule is CN=C(NCCCN1CCCN(C)CC1)NCC(c1cccs1)N1CCOCC1.I. The molecule has 1 atom stereocenters. The quantitative estimate of drug-likeness (QED) is 0.224. The molecule has 0 spiro atoms. The predicted molar refractivity (Wildman–Crippen MR) is 137 cm³/mol. The third-order valence-corrected chi connectivity index (χ3v) is 6.77. The van der Waals surface area contributed by atoms with Crippen molar-refractivity contribution in [3.05, 3.63) is 22.4 Å². The molecule has 0 saturated carbocycles. The van der Waals surface area contributed by atoms with Gasteiger partial charge in [-0.15, -0.1) is 35.3 Å². The molecule has 2 fully saturated rings. The smallest absolute Gasteiger partial charge is 0.191 e. The molecule has 2 aliphatic rings. The molecule has 3 heterocycles. The van der Waals surface area contributed by atoms with Crippen LogP contribution >= 0.6 is 35.3 Å². The summed E-state index contributed by atoms with van der Waals surface area (Å²) in [7, 11) is 4.08. The van der Waals surface area contributed by atoms with E-state index in [2.05, 4.69) is 54.9 Å². The number of rotatable bonds is 8. The summed E-state index contributed by atoms with van der Waals surface area (Å²) in [5.74, 6) is 0.899. The van der Waals surface area contributed by atoms with Crippen molar-refractivity contribution in [2.24, 2.45) is 4.99 Å². The third-order valence-electron chi connectivity index (χ3n) is 5.80. The summed E-state index contributed by atoms with van der Waals surface area (Å²) in [4.78, 5) is 13.4. The van der Waals surface area contributed by atoms with Crippen molar-refractivity contribution >= 4 is 41.3 Å². The molecule has 0 amide bonds. The fourth-order valence-corrected chi connectivity index (χ4v) is 4.89. The minimum absolute atomic E-state index is 0. The van der Waals surface area contributed by atoms with Crippen molar-refractivity contribution in [3.8, 4) is 0 Å². The lowest BCUT2D eigenvalue weighted by Gasteiger charge is -2.34. The zero-order valence-corrected chi connectivity index (χ0v) is 21.7. The molecule has 0 aromatic carbocycles. The van der Waals surface area contributed by atoms with Gasteiger partial charge < -0.3 is 25.2 Å². The highest BCUT2D eigenvalue weighted by Crippen LogP contribution is 2.25. The molecule has 2 aliphatic heterocycles. The van der Waals surface area contributed by atoms with Crippen LogP contribution in [-0.2, 0) is 4.74 Å². The molecule has 2 saturated heterocycles. The highest BCUT2D eigenvalue weighted by Gasteiger charge is 2.23. The van der Waals surface area contributed by atoms with E-state index < -0.39 is 0 Å². The molecule has 1 aromatic rings. The molecular formula is C21H39IN6OS. The largest absolute Gasteiger partial charge is 0.379 e. The number of morpholine rings is 1. The first kappa shape index (κ1) is 25.8. The first-order chi connectivity index (χ1) is 14.3. The molecule has 1 aromatic heterocycles. The number of hydrogen-bond acceptors (Lipinski definition) is 6. The molecule has 0 aliphatic carbocycles. The number of nitrogens with one attached hydrogen (secondary N) is 2. The number of ether oxygens (including phenoxy) is 1. The fourth-order valence-electron chi connectivity index (χ4n) is 4.03. The highest BCUT2D eigenvalue weighted by atomic mass is 127. The summed E-state index contributed by atoms with van der Waals surface area (Å²) in [5.41, 5.74) is 0. The van der Waals surface area contributed by atoms with E-state index in [0.29, 0.717) is 6.04 Å². The number of halogens is 1. The molecule has 7 nitrogen and oxygen atoms in total. The van der Waals surface area contributed by atoms with Gasteiger partial charge in [-0.3, -0.25) is 9.89 Å². The molecule has 172 valence electrons. The summed E-state index contributed by atoms with van der Waals surface area (Å²) < 4.78 is 5.54. The fraction of sp³-hybridized carbons (Fsp3) is 0.762. The number of aliphatic imine (C=N–C) groups is 1. The van der Waals surface area contributed by atoms with Crippen molar-refractivity contribution in [1.29, 1.82) is 0 Å². The normalized spacial score (nSPS) is 20.9. The maximum atomic E-state index is 5.54. The first-order valence-electron chi connectivity index (χ1n) is 11.0. The lowest BCUT2D eigenvalue weighted by Crippen LogP contribution is -2.46. The maximum Gasteiger partial charge on any atom is 0.191 e. The molecule has 3 rings (SSSR count). The van der Waals surface area contributed by atoms with Gasteiger partial charge in [0.25, 0.3) is 0 Å². The van der Waals surface area contributed by atoms with Gasteiger partial charge in [0.1, 0.15) is 0 Å². The molecule has 30 heavy (non-hydrogen) atoms. The second kappa shape index (κ2) is 14.6. The third kappa shape index (κ3) is 8.58. The minimum atomic E-state index is 0. The second-order valence-corrected chi connectivity index (χ2v) is 8.89. The molecule has 0 bridgehead atoms. The van der Waals surface area contributed by atoms with Crippen molar-refractivity contribution in [1.82, 2.24) is 25.3 Å². The Morgan fingerprint density at radius 1 is 1.17 bits per heavy atom. The van der Waals surface area contributed by atoms with Crippen molar-refractivity contribution in [2.75, 3.05) is 86.2 Å². The van der Waals surface area contributed by atoms with Crippen LogP contribution in [0.2, 0.25) is 0 Å². The summed E-state index contributed by atoms with van der Waals surface area (Å²) in [6, 6.07) is 4.74. The topological polar surface area (TPSA) is 55.4 Å². The van der Waals surface area contributed by atoms with Gasteiger partial charge in [-0.05, 0) is 51.0 Å². The Balaban J connectivity index is 0.00000320. The Kier molecular flexibility index (Phi) is 12.5. The summed E-state index contributed by atoms with van der Waals surface area (Å²) >= 11 is 1.83. The average Bonchev–Trinajstić information content (AvgIpc) is 3.20. The van der Waals surface area contributed by atoms with Crippen LogP contribution < -0.4 is 10.6 Å². The van der Waals surface area contributed by atoms with Crippen LogP contribution in [-0.4, -0.2) is 107 Å². The van der Waals surface area contributed by atoms with E-state index in [1.54, 1.807) is 0 Å². The van der Waals surface area contributed by atoms with E-state index in [4.69, 9.17) is 4.74 Å². The average molecular weight is 551 g/mol. The van der Waals surface area contributed by atoms with E-state index in [9.17, 15) is 0 Å². The van der Waals surface area contributed by atoms with Crippen LogP contribution in [0.15, 0.2) is 22.5 Å². The van der Waals surface area contributed by atoms with Crippen LogP contribution in [0, 0.1) is 0 Å². The lowest BCUT2D eigenvalue weighted by molar-refractivity contribution is 0.0177. The number of thiophene rings is 1. The molecule has 1 unspecified atom stereocenters. The van der Waals surface area contributed by atoms with Gasteiger partial charge in [0.05, 0.1) is 19.3 Å². The minimum Gasteiger partial charge on any atom is -0.379 e. The van der Waals surface area contributed by atoms with Gasteiger partial charge in [-0.2, -0.15) is 0 Å². The van der Waals surface area contributed by atoms with E-state index in [-0.39, 0.29) is 24.0 Å². The van der Waals surface area contributed by atoms with E-state index >= 15 is 0 Å². The van der Waals surface area contributed by atoms with Crippen LogP contribution in [0.3, 0.4) is 0 Å². The van der Waals surface area contributed by atoms with E-state index in [0.717, 1.165) is 58.3 Å². The summed E-state index contributed by atoms with van der Waals surface area (Å²) in [5, 5.41) is 9.21. The standard InChI is InChI=1S/C21H38N6OS.HI/c1-22-21(23-7-4-9-26-10-5-8-25(2)11-12-26)24-18-19(20-6-3-17-29-20)27-13-15-28-16-14-27;/h3,6,17,19H,4-5,7-16,18H2,1-2H3,(H2,22,23,24);1H. The Morgan fingerprint density at radius 3 is 2.73 bits per heavy atom. The first-order valence-corrected chi connectivity index (χ1v) is 11.8. The zero-order valence-electron chi connectivity index (χ0n) is 18.5. The number of hydrogen-bond donors (Lipinski definition) is 2. The summed E-state index contributed by atoms with van der Waals surface area (Å²) in [6.45, 7) is 11.4. The van der Waals surface area contributed by atoms with Gasteiger partial charge >= 0.3 is 0 Å². The van der Waals surface area contributed by atoms with Gasteiger partial charge in [0, 0.05) is 51.2 Å². The Bertz CT molecular complexity index is 596. The highest BCUT2D eigenvalue weighted by molar-refractivity contribution is 14.0. The maximum absolute atomic E-state index is 5.54. The van der Waals surface area contributed by atoms with E-state index in [1.165, 1.54) is 37.5 Å². The number of guanidine groups is 1. The molecule has 9 heteroatoms. The second-order valence-electron chi connectivity index (χ2n) is 7.91. The van der Waals surface area contributed by atoms with Gasteiger partial charge in [0.15, 0.2) is 5.96 Å². The Hall–Kier alpha value is -0.460. The van der Waals surface area contributed by atoms with Crippen molar-refractivity contribution in [3.63, 3.8) is 0 Å². The Labute approximate surface area is 203 Å². The van der Waals surface area contributed by atoms with Gasteiger partial charge in [0.2, 0.25) is 0 Å². The Morgan fingerprint density at radius 2 is 2.00 bits per heavy atom. The summed E-state index contributed by atoms with van der Waals surface area (Å²) in [6.07, 6.45) is 2.42.